The summed E-state index contributed by atoms with van der Waals surface area (Å²) < 4.78 is 0. The van der Waals surface area contributed by atoms with Gasteiger partial charge in [-0.2, -0.15) is 0 Å². The summed E-state index contributed by atoms with van der Waals surface area (Å²) in [6, 6.07) is 1.32. The molecule has 0 amide bonds. The fourth-order valence-electron chi connectivity index (χ4n) is 3.20. The molecule has 0 radical (unpaired) electrons. The second-order valence-electron chi connectivity index (χ2n) is 6.64. The number of carbonyl (C=O) groups is 1. The van der Waals surface area contributed by atoms with Gasteiger partial charge in [0.2, 0.25) is 0 Å². The fraction of sp³-hybridized carbons (Fsp3) is 0.950. The van der Waals surface area contributed by atoms with Crippen LogP contribution >= 0.6 is 0 Å². The topological polar surface area (TPSA) is 20.3 Å². The molecule has 0 aromatic carbocycles. The summed E-state index contributed by atoms with van der Waals surface area (Å²) in [4.78, 5) is 13.6. The van der Waals surface area contributed by atoms with Gasteiger partial charge >= 0.3 is 0 Å². The van der Waals surface area contributed by atoms with Gasteiger partial charge < -0.3 is 4.90 Å². The molecule has 2 heteroatoms. The number of nitrogens with zero attached hydrogens (tertiary/aromatic N) is 1. The van der Waals surface area contributed by atoms with E-state index in [2.05, 4.69) is 25.8 Å². The molecule has 2 aliphatic carbocycles. The van der Waals surface area contributed by atoms with Crippen LogP contribution in [-0.4, -0.2) is 29.8 Å². The lowest BCUT2D eigenvalue weighted by molar-refractivity contribution is -0.122. The van der Waals surface area contributed by atoms with Crippen molar-refractivity contribution in [2.24, 2.45) is 5.92 Å². The molecule has 2 nitrogen and oxygen atoms in total. The van der Waals surface area contributed by atoms with E-state index in [0.29, 0.717) is 23.8 Å². The van der Waals surface area contributed by atoms with Crippen LogP contribution in [0.3, 0.4) is 0 Å². The molecule has 0 aromatic rings. The van der Waals surface area contributed by atoms with Crippen LogP contribution in [0.2, 0.25) is 0 Å². The number of hydrogen-bond acceptors (Lipinski definition) is 2. The molecule has 0 spiro atoms. The lowest BCUT2D eigenvalue weighted by Gasteiger charge is -2.36. The Bertz CT molecular complexity index is 243. The molecule has 2 rings (SSSR count). The minimum Gasteiger partial charge on any atom is -0.301 e. The van der Waals surface area contributed by atoms with Crippen molar-refractivity contribution in [3.63, 3.8) is 0 Å². The lowest BCUT2D eigenvalue weighted by atomic mass is 9.83. The average molecular weight is 316 g/mol. The number of carbonyl (C=O) groups excluding carboxylic acids is 1. The molecule has 2 fully saturated rings. The first-order valence-corrected chi connectivity index (χ1v) is 8.24. The Labute approximate surface area is 142 Å². The van der Waals surface area contributed by atoms with Crippen LogP contribution in [0.1, 0.15) is 101 Å². The van der Waals surface area contributed by atoms with E-state index < -0.39 is 0 Å². The minimum atomic E-state index is 0. The highest BCUT2D eigenvalue weighted by Crippen LogP contribution is 2.28. The van der Waals surface area contributed by atoms with Crippen molar-refractivity contribution in [3.8, 4) is 0 Å². The molecule has 0 heterocycles. The van der Waals surface area contributed by atoms with Gasteiger partial charge in [0.1, 0.15) is 5.78 Å². The van der Waals surface area contributed by atoms with E-state index in [0.717, 1.165) is 12.8 Å². The normalized spacial score (nSPS) is 23.5. The molecular weight excluding hydrogens is 270 g/mol. The summed E-state index contributed by atoms with van der Waals surface area (Å²) in [6.07, 6.45) is 12.1. The predicted molar refractivity (Wildman–Crippen MR) is 103 cm³/mol. The molecule has 136 valence electrons. The molecular formula is C20H45NO. The average Bonchev–Trinajstić information content (AvgIpc) is 2.97. The van der Waals surface area contributed by atoms with Gasteiger partial charge in [-0.15, -0.1) is 0 Å². The largest absolute Gasteiger partial charge is 0.301 e. The lowest BCUT2D eigenvalue weighted by Crippen LogP contribution is -2.40. The van der Waals surface area contributed by atoms with E-state index in [1.807, 2.05) is 0 Å². The number of ketones is 1. The summed E-state index contributed by atoms with van der Waals surface area (Å²) in [5.74, 6) is 0.738. The van der Waals surface area contributed by atoms with Gasteiger partial charge in [-0.25, -0.2) is 0 Å². The van der Waals surface area contributed by atoms with E-state index in [1.54, 1.807) is 6.92 Å². The summed E-state index contributed by atoms with van der Waals surface area (Å²) in [6.45, 7) is 6.20. The van der Waals surface area contributed by atoms with E-state index in [1.165, 1.54) is 44.9 Å². The maximum Gasteiger partial charge on any atom is 0.132 e. The van der Waals surface area contributed by atoms with E-state index in [4.69, 9.17) is 0 Å². The minimum absolute atomic E-state index is 0. The first kappa shape index (κ1) is 26.5. The zero-order valence-electron chi connectivity index (χ0n) is 13.5. The van der Waals surface area contributed by atoms with Gasteiger partial charge in [0.05, 0.1) is 0 Å². The standard InChI is InChI=1S/C12H23NO.C5H10.3CH4/c1-9(2)13(4)12-7-5-11(6-8-12)10(3)14;1-2-4-5-3-1;;;/h9,11-12H,5-8H2,1-4H3;1-5H2;3*1H4. The SMILES string of the molecule is C.C.C.C1CCCC1.CC(=O)C1CCC(N(C)C(C)C)CC1. The first-order valence-electron chi connectivity index (χ1n) is 8.24. The molecule has 0 atom stereocenters. The highest BCUT2D eigenvalue weighted by Gasteiger charge is 2.26. The van der Waals surface area contributed by atoms with E-state index >= 15 is 0 Å². The molecule has 0 aromatic heterocycles. The molecule has 0 bridgehead atoms. The van der Waals surface area contributed by atoms with Crippen molar-refractivity contribution in [1.29, 1.82) is 0 Å². The van der Waals surface area contributed by atoms with Crippen LogP contribution in [0.15, 0.2) is 0 Å². The quantitative estimate of drug-likeness (QED) is 0.606. The van der Waals surface area contributed by atoms with Gasteiger partial charge in [0.25, 0.3) is 0 Å². The smallest absolute Gasteiger partial charge is 0.132 e. The second kappa shape index (κ2) is 14.2. The molecule has 0 aliphatic heterocycles. The first-order chi connectivity index (χ1) is 9.02. The predicted octanol–water partition coefficient (Wildman–Crippen LogP) is 6.33. The number of hydrogen-bond donors (Lipinski definition) is 0. The Morgan fingerprint density at radius 1 is 0.864 bits per heavy atom. The molecule has 2 aliphatic rings. The monoisotopic (exact) mass is 315 g/mol. The van der Waals surface area contributed by atoms with Crippen molar-refractivity contribution in [2.75, 3.05) is 7.05 Å². The second-order valence-corrected chi connectivity index (χ2v) is 6.64. The van der Waals surface area contributed by atoms with Crippen LogP contribution in [0, 0.1) is 5.92 Å². The summed E-state index contributed by atoms with van der Waals surface area (Å²) in [5.41, 5.74) is 0. The van der Waals surface area contributed by atoms with Crippen molar-refractivity contribution in [2.45, 2.75) is 113 Å². The van der Waals surface area contributed by atoms with Gasteiger partial charge in [-0.3, -0.25) is 4.79 Å². The van der Waals surface area contributed by atoms with Crippen molar-refractivity contribution < 1.29 is 4.79 Å². The Hall–Kier alpha value is -0.370. The number of rotatable bonds is 3. The highest BCUT2D eigenvalue weighted by atomic mass is 16.1. The van der Waals surface area contributed by atoms with Crippen molar-refractivity contribution in [1.82, 2.24) is 4.90 Å². The van der Waals surface area contributed by atoms with E-state index in [9.17, 15) is 4.79 Å². The molecule has 0 saturated heterocycles. The Morgan fingerprint density at radius 3 is 1.50 bits per heavy atom. The highest BCUT2D eigenvalue weighted by molar-refractivity contribution is 5.78. The van der Waals surface area contributed by atoms with E-state index in [-0.39, 0.29) is 22.3 Å². The third kappa shape index (κ3) is 9.61. The van der Waals surface area contributed by atoms with Crippen LogP contribution in [0.25, 0.3) is 0 Å². The summed E-state index contributed by atoms with van der Waals surface area (Å²) >= 11 is 0. The Morgan fingerprint density at radius 2 is 1.23 bits per heavy atom. The molecule has 2 saturated carbocycles. The maximum absolute atomic E-state index is 11.2. The maximum atomic E-state index is 11.2. The van der Waals surface area contributed by atoms with Crippen LogP contribution in [0.5, 0.6) is 0 Å². The third-order valence-corrected chi connectivity index (χ3v) is 4.91. The van der Waals surface area contributed by atoms with Crippen LogP contribution in [0.4, 0.5) is 0 Å². The Balaban J connectivity index is -0.000000388. The van der Waals surface area contributed by atoms with Gasteiger partial charge in [-0.05, 0) is 53.5 Å². The fourth-order valence-corrected chi connectivity index (χ4v) is 3.20. The van der Waals surface area contributed by atoms with Crippen LogP contribution in [-0.2, 0) is 4.79 Å². The summed E-state index contributed by atoms with van der Waals surface area (Å²) in [5, 5.41) is 0. The zero-order chi connectivity index (χ0) is 14.3. The van der Waals surface area contributed by atoms with Gasteiger partial charge in [-0.1, -0.05) is 54.4 Å². The third-order valence-electron chi connectivity index (χ3n) is 4.91. The Kier molecular flexibility index (Phi) is 17.2. The molecule has 0 unspecified atom stereocenters. The van der Waals surface area contributed by atoms with Gasteiger partial charge in [0.15, 0.2) is 0 Å². The zero-order valence-corrected chi connectivity index (χ0v) is 13.5. The molecule has 0 N–H and O–H groups in total. The van der Waals surface area contributed by atoms with Crippen molar-refractivity contribution >= 4 is 5.78 Å². The summed E-state index contributed by atoms with van der Waals surface area (Å²) in [7, 11) is 2.20. The number of Topliss-reactive ketones (excluding diaryl/α,β-unsaturated/α-hetero) is 1. The molecule has 22 heavy (non-hydrogen) atoms. The van der Waals surface area contributed by atoms with Gasteiger partial charge in [0, 0.05) is 18.0 Å². The van der Waals surface area contributed by atoms with Crippen LogP contribution < -0.4 is 0 Å². The van der Waals surface area contributed by atoms with Crippen molar-refractivity contribution in [3.05, 3.63) is 0 Å².